The lowest BCUT2D eigenvalue weighted by atomic mass is 10.1. The zero-order valence-electron chi connectivity index (χ0n) is 15.8. The van der Waals surface area contributed by atoms with Gasteiger partial charge in [-0.2, -0.15) is 0 Å². The van der Waals surface area contributed by atoms with E-state index in [1.165, 1.54) is 6.07 Å². The van der Waals surface area contributed by atoms with Crippen LogP contribution in [0.25, 0.3) is 22.2 Å². The number of fused-ring (bicyclic) bond motifs is 1. The monoisotopic (exact) mass is 458 g/mol. The quantitative estimate of drug-likeness (QED) is 0.345. The minimum absolute atomic E-state index is 0.0247. The number of para-hydroxylation sites is 1. The molecule has 0 radical (unpaired) electrons. The Morgan fingerprint density at radius 1 is 1.06 bits per heavy atom. The molecule has 0 saturated heterocycles. The summed E-state index contributed by atoms with van der Waals surface area (Å²) in [5.74, 6) is -2.05. The van der Waals surface area contributed by atoms with E-state index in [2.05, 4.69) is 10.5 Å². The predicted molar refractivity (Wildman–Crippen MR) is 114 cm³/mol. The van der Waals surface area contributed by atoms with Gasteiger partial charge in [0.2, 0.25) is 5.88 Å². The van der Waals surface area contributed by atoms with Gasteiger partial charge in [0.25, 0.3) is 5.91 Å². The summed E-state index contributed by atoms with van der Waals surface area (Å²) in [5.41, 5.74) is -0.831. The van der Waals surface area contributed by atoms with Crippen molar-refractivity contribution in [1.29, 1.82) is 0 Å². The van der Waals surface area contributed by atoms with Crippen LogP contribution in [0.3, 0.4) is 0 Å². The van der Waals surface area contributed by atoms with Crippen LogP contribution in [-0.4, -0.2) is 24.1 Å². The highest BCUT2D eigenvalue weighted by Crippen LogP contribution is 2.38. The van der Waals surface area contributed by atoms with E-state index in [9.17, 15) is 14.4 Å². The van der Waals surface area contributed by atoms with E-state index in [1.807, 2.05) is 0 Å². The minimum atomic E-state index is -0.863. The number of esters is 1. The molecule has 0 aliphatic rings. The van der Waals surface area contributed by atoms with Gasteiger partial charge < -0.3 is 13.7 Å². The van der Waals surface area contributed by atoms with Gasteiger partial charge in [-0.25, -0.2) is 9.59 Å². The fourth-order valence-electron chi connectivity index (χ4n) is 2.95. The summed E-state index contributed by atoms with van der Waals surface area (Å²) in [6, 6.07) is 12.8. The number of nitrogens with zero attached hydrogens (tertiary/aromatic N) is 1. The summed E-state index contributed by atoms with van der Waals surface area (Å²) in [4.78, 5) is 37.4. The van der Waals surface area contributed by atoms with E-state index >= 15 is 0 Å². The van der Waals surface area contributed by atoms with Crippen molar-refractivity contribution in [1.82, 2.24) is 5.16 Å². The first-order valence-electron chi connectivity index (χ1n) is 8.77. The third-order valence-corrected chi connectivity index (χ3v) is 5.02. The number of hydrogen-bond donors (Lipinski definition) is 1. The number of carbonyl (C=O) groups is 2. The van der Waals surface area contributed by atoms with Crippen LogP contribution in [0, 0.1) is 0 Å². The number of hydrogen-bond acceptors (Lipinski definition) is 7. The zero-order chi connectivity index (χ0) is 22.1. The lowest BCUT2D eigenvalue weighted by Gasteiger charge is -2.07. The number of halogens is 2. The van der Waals surface area contributed by atoms with E-state index in [4.69, 9.17) is 36.9 Å². The molecule has 0 saturated carbocycles. The Balaban J connectivity index is 1.78. The molecule has 1 N–H and O–H groups in total. The van der Waals surface area contributed by atoms with Gasteiger partial charge in [-0.05, 0) is 24.3 Å². The molecule has 0 fully saturated rings. The summed E-state index contributed by atoms with van der Waals surface area (Å²) >= 11 is 12.4. The third-order valence-electron chi connectivity index (χ3n) is 4.39. The summed E-state index contributed by atoms with van der Waals surface area (Å²) in [5, 5.41) is 7.15. The molecule has 10 heteroatoms. The van der Waals surface area contributed by atoms with E-state index in [1.54, 1.807) is 42.5 Å². The summed E-state index contributed by atoms with van der Waals surface area (Å²) in [6.45, 7) is 0. The number of methoxy groups -OCH3 is 1. The van der Waals surface area contributed by atoms with Crippen molar-refractivity contribution in [3.8, 4) is 11.3 Å². The van der Waals surface area contributed by atoms with Crippen molar-refractivity contribution in [3.05, 3.63) is 80.1 Å². The lowest BCUT2D eigenvalue weighted by Crippen LogP contribution is -2.21. The van der Waals surface area contributed by atoms with Crippen molar-refractivity contribution in [2.45, 2.75) is 0 Å². The Bertz CT molecular complexity index is 1370. The number of amides is 1. The maximum Gasteiger partial charge on any atom is 0.349 e. The van der Waals surface area contributed by atoms with Gasteiger partial charge in [0.15, 0.2) is 5.56 Å². The molecule has 0 unspecified atom stereocenters. The first-order valence-corrected chi connectivity index (χ1v) is 9.53. The zero-order valence-corrected chi connectivity index (χ0v) is 17.3. The summed E-state index contributed by atoms with van der Waals surface area (Å²) in [6.07, 6.45) is 0. The molecule has 0 aliphatic carbocycles. The minimum Gasteiger partial charge on any atom is -0.465 e. The maximum absolute atomic E-state index is 12.8. The maximum atomic E-state index is 12.8. The largest absolute Gasteiger partial charge is 0.465 e. The highest BCUT2D eigenvalue weighted by Gasteiger charge is 2.29. The van der Waals surface area contributed by atoms with Crippen LogP contribution in [0.1, 0.15) is 20.7 Å². The molecule has 2 aromatic carbocycles. The highest BCUT2D eigenvalue weighted by atomic mass is 35.5. The number of carbonyl (C=O) groups excluding carboxylic acids is 2. The van der Waals surface area contributed by atoms with E-state index in [0.717, 1.165) is 7.11 Å². The van der Waals surface area contributed by atoms with Crippen LogP contribution in [-0.2, 0) is 4.74 Å². The predicted octanol–water partition coefficient (Wildman–Crippen LogP) is 4.79. The molecule has 31 heavy (non-hydrogen) atoms. The average molecular weight is 459 g/mol. The Kier molecular flexibility index (Phi) is 5.50. The van der Waals surface area contributed by atoms with E-state index in [-0.39, 0.29) is 38.3 Å². The van der Waals surface area contributed by atoms with Crippen molar-refractivity contribution in [2.24, 2.45) is 0 Å². The number of rotatable bonds is 4. The molecule has 4 rings (SSSR count). The molecule has 0 atom stereocenters. The molecule has 0 spiro atoms. The fourth-order valence-corrected chi connectivity index (χ4v) is 3.53. The van der Waals surface area contributed by atoms with E-state index in [0.29, 0.717) is 11.0 Å². The molecule has 8 nitrogen and oxygen atoms in total. The van der Waals surface area contributed by atoms with Gasteiger partial charge in [0.05, 0.1) is 17.2 Å². The second-order valence-electron chi connectivity index (χ2n) is 6.26. The number of benzene rings is 2. The van der Waals surface area contributed by atoms with Crippen LogP contribution >= 0.6 is 23.2 Å². The van der Waals surface area contributed by atoms with Crippen LogP contribution in [0.15, 0.2) is 62.3 Å². The van der Waals surface area contributed by atoms with Gasteiger partial charge in [0, 0.05) is 10.9 Å². The number of ether oxygens (including phenoxy) is 1. The molecule has 156 valence electrons. The molecule has 0 bridgehead atoms. The molecule has 2 heterocycles. The number of anilines is 1. The standard InChI is InChI=1S/C21H12Cl2N2O6/c1-29-21(28)16-17(15-12(22)6-4-7-13(15)23)25-31-19(16)24-18(26)11-9-10-5-2-3-8-14(10)30-20(11)27/h2-9H,1H3,(H,24,26). The topological polar surface area (TPSA) is 112 Å². The van der Waals surface area contributed by atoms with Crippen LogP contribution in [0.5, 0.6) is 0 Å². The van der Waals surface area contributed by atoms with Crippen LogP contribution in [0.4, 0.5) is 5.88 Å². The van der Waals surface area contributed by atoms with Gasteiger partial charge in [0.1, 0.15) is 16.8 Å². The Morgan fingerprint density at radius 2 is 1.77 bits per heavy atom. The van der Waals surface area contributed by atoms with Crippen molar-refractivity contribution >= 4 is 51.9 Å². The van der Waals surface area contributed by atoms with Gasteiger partial charge in [-0.15, -0.1) is 0 Å². The highest BCUT2D eigenvalue weighted by molar-refractivity contribution is 6.39. The normalized spacial score (nSPS) is 10.8. The van der Waals surface area contributed by atoms with Crippen LogP contribution < -0.4 is 10.9 Å². The van der Waals surface area contributed by atoms with Crippen molar-refractivity contribution < 1.29 is 23.3 Å². The Morgan fingerprint density at radius 3 is 2.48 bits per heavy atom. The number of aromatic nitrogens is 1. The third kappa shape index (κ3) is 3.78. The summed E-state index contributed by atoms with van der Waals surface area (Å²) in [7, 11) is 1.15. The lowest BCUT2D eigenvalue weighted by molar-refractivity contribution is 0.0602. The number of nitrogens with one attached hydrogen (secondary N) is 1. The molecular formula is C21H12Cl2N2O6. The van der Waals surface area contributed by atoms with Crippen molar-refractivity contribution in [3.63, 3.8) is 0 Å². The molecular weight excluding hydrogens is 447 g/mol. The molecule has 4 aromatic rings. The first kappa shape index (κ1) is 20.6. The van der Waals surface area contributed by atoms with E-state index < -0.39 is 17.5 Å². The fraction of sp³-hybridized carbons (Fsp3) is 0.0476. The Labute approximate surface area is 184 Å². The van der Waals surface area contributed by atoms with Gasteiger partial charge >= 0.3 is 11.6 Å². The SMILES string of the molecule is COC(=O)c1c(-c2c(Cl)cccc2Cl)noc1NC(=O)c1cc2ccccc2oc1=O. The first-order chi connectivity index (χ1) is 14.9. The molecule has 2 aromatic heterocycles. The Hall–Kier alpha value is -3.62. The molecule has 0 aliphatic heterocycles. The van der Waals surface area contributed by atoms with Crippen LogP contribution in [0.2, 0.25) is 10.0 Å². The van der Waals surface area contributed by atoms with Crippen molar-refractivity contribution in [2.75, 3.05) is 12.4 Å². The molecule has 1 amide bonds. The van der Waals surface area contributed by atoms with Gasteiger partial charge in [-0.3, -0.25) is 10.1 Å². The average Bonchev–Trinajstić information content (AvgIpc) is 3.15. The smallest absolute Gasteiger partial charge is 0.349 e. The van der Waals surface area contributed by atoms with Gasteiger partial charge in [-0.1, -0.05) is 52.6 Å². The second-order valence-corrected chi connectivity index (χ2v) is 7.08. The summed E-state index contributed by atoms with van der Waals surface area (Å²) < 4.78 is 15.1. The second kappa shape index (κ2) is 8.25.